The van der Waals surface area contributed by atoms with Gasteiger partial charge in [-0.05, 0) is 5.92 Å². The Hall–Kier alpha value is -2.58. The highest BCUT2D eigenvalue weighted by Crippen LogP contribution is 2.24. The monoisotopic (exact) mass is 368 g/mol. The lowest BCUT2D eigenvalue weighted by Crippen LogP contribution is -2.54. The number of esters is 3. The number of rotatable bonds is 5. The van der Waals surface area contributed by atoms with Gasteiger partial charge in [0.05, 0.1) is 13.0 Å². The summed E-state index contributed by atoms with van der Waals surface area (Å²) in [6.07, 6.45) is 1.02. The van der Waals surface area contributed by atoms with Crippen LogP contribution in [0.25, 0.3) is 0 Å². The summed E-state index contributed by atoms with van der Waals surface area (Å²) in [5.74, 6) is -3.75. The van der Waals surface area contributed by atoms with Gasteiger partial charge in [-0.2, -0.15) is 0 Å². The van der Waals surface area contributed by atoms with Crippen molar-refractivity contribution in [1.29, 1.82) is 0 Å². The van der Waals surface area contributed by atoms with E-state index in [1.165, 1.54) is 24.9 Å². The van der Waals surface area contributed by atoms with Crippen molar-refractivity contribution < 1.29 is 33.4 Å². The van der Waals surface area contributed by atoms with Gasteiger partial charge in [0.15, 0.2) is 5.57 Å². The smallest absolute Gasteiger partial charge is 0.350 e. The Labute approximate surface area is 151 Å². The molecule has 2 aliphatic heterocycles. The van der Waals surface area contributed by atoms with Crippen LogP contribution in [-0.2, 0) is 33.4 Å². The Morgan fingerprint density at radius 1 is 1.31 bits per heavy atom. The quantitative estimate of drug-likeness (QED) is 0.413. The molecule has 9 heteroatoms. The van der Waals surface area contributed by atoms with Crippen molar-refractivity contribution in [3.8, 4) is 0 Å². The summed E-state index contributed by atoms with van der Waals surface area (Å²) < 4.78 is 15.2. The molecule has 144 valence electrons. The van der Waals surface area contributed by atoms with Crippen LogP contribution in [0.2, 0.25) is 0 Å². The average molecular weight is 368 g/mol. The second-order valence-electron chi connectivity index (χ2n) is 7.05. The van der Waals surface area contributed by atoms with E-state index in [1.54, 1.807) is 0 Å². The minimum absolute atomic E-state index is 0.174. The summed E-state index contributed by atoms with van der Waals surface area (Å²) in [5, 5.41) is 2.66. The molecule has 0 aromatic carbocycles. The summed E-state index contributed by atoms with van der Waals surface area (Å²) in [4.78, 5) is 49.8. The number of carbonyl (C=O) groups excluding carboxylic acids is 4. The topological polar surface area (TPSA) is 111 Å². The zero-order valence-electron chi connectivity index (χ0n) is 15.4. The zero-order valence-corrected chi connectivity index (χ0v) is 15.4. The van der Waals surface area contributed by atoms with E-state index in [2.05, 4.69) is 5.32 Å². The first-order valence-electron chi connectivity index (χ1n) is 8.46. The van der Waals surface area contributed by atoms with Crippen molar-refractivity contribution in [2.24, 2.45) is 5.92 Å². The molecule has 0 aliphatic carbocycles. The zero-order chi connectivity index (χ0) is 19.5. The molecule has 2 aliphatic rings. The van der Waals surface area contributed by atoms with Crippen LogP contribution in [0.5, 0.6) is 0 Å². The van der Waals surface area contributed by atoms with Crippen molar-refractivity contribution in [1.82, 2.24) is 10.2 Å². The number of nitrogens with zero attached hydrogens (tertiary/aromatic N) is 1. The van der Waals surface area contributed by atoms with Gasteiger partial charge in [-0.1, -0.05) is 13.8 Å². The molecule has 1 amide bonds. The van der Waals surface area contributed by atoms with Gasteiger partial charge < -0.3 is 24.4 Å². The fourth-order valence-electron chi connectivity index (χ4n) is 2.51. The first kappa shape index (κ1) is 19.7. The number of nitrogens with one attached hydrogen (secondary N) is 1. The van der Waals surface area contributed by atoms with Crippen LogP contribution >= 0.6 is 0 Å². The van der Waals surface area contributed by atoms with Gasteiger partial charge in [-0.3, -0.25) is 9.59 Å². The summed E-state index contributed by atoms with van der Waals surface area (Å²) in [5.41, 5.74) is -0.320. The van der Waals surface area contributed by atoms with Crippen molar-refractivity contribution in [2.75, 3.05) is 19.7 Å². The fourth-order valence-corrected chi connectivity index (χ4v) is 2.51. The molecule has 2 heterocycles. The molecule has 1 atom stereocenters. The minimum Gasteiger partial charge on any atom is -0.465 e. The third kappa shape index (κ3) is 4.96. The first-order valence-corrected chi connectivity index (χ1v) is 8.46. The van der Waals surface area contributed by atoms with Crippen LogP contribution in [0.3, 0.4) is 0 Å². The summed E-state index contributed by atoms with van der Waals surface area (Å²) in [7, 11) is 0. The number of hydrogen-bond donors (Lipinski definition) is 1. The number of amides is 1. The predicted octanol–water partition coefficient (Wildman–Crippen LogP) is 0.0961. The van der Waals surface area contributed by atoms with Crippen LogP contribution < -0.4 is 5.32 Å². The van der Waals surface area contributed by atoms with E-state index in [1.807, 2.05) is 13.8 Å². The molecule has 0 aromatic heterocycles. The molecule has 0 radical (unpaired) electrons. The summed E-state index contributed by atoms with van der Waals surface area (Å²) in [6.45, 7) is 7.58. The Bertz CT molecular complexity index is 617. The molecule has 1 N–H and O–H groups in total. The molecular formula is C17H24N2O7. The van der Waals surface area contributed by atoms with Crippen molar-refractivity contribution in [3.63, 3.8) is 0 Å². The van der Waals surface area contributed by atoms with Gasteiger partial charge in [-0.25, -0.2) is 9.59 Å². The van der Waals surface area contributed by atoms with E-state index in [4.69, 9.17) is 14.2 Å². The highest BCUT2D eigenvalue weighted by Gasteiger charge is 2.40. The maximum absolute atomic E-state index is 12.2. The van der Waals surface area contributed by atoms with Crippen LogP contribution in [0.4, 0.5) is 0 Å². The Morgan fingerprint density at radius 3 is 2.50 bits per heavy atom. The number of piperazine rings is 1. The molecule has 2 fully saturated rings. The number of ether oxygens (including phenoxy) is 3. The minimum atomic E-state index is -1.34. The molecule has 0 bridgehead atoms. The van der Waals surface area contributed by atoms with Crippen molar-refractivity contribution in [3.05, 3.63) is 11.8 Å². The number of hydrogen-bond acceptors (Lipinski definition) is 8. The Kier molecular flexibility index (Phi) is 5.89. The van der Waals surface area contributed by atoms with Crippen LogP contribution in [0.1, 0.15) is 34.1 Å². The van der Waals surface area contributed by atoms with E-state index < -0.39 is 29.7 Å². The van der Waals surface area contributed by atoms with E-state index in [0.717, 1.165) is 0 Å². The fraction of sp³-hybridized carbons (Fsp3) is 0.647. The molecule has 9 nitrogen and oxygen atoms in total. The van der Waals surface area contributed by atoms with E-state index >= 15 is 0 Å². The second kappa shape index (κ2) is 7.76. The van der Waals surface area contributed by atoms with E-state index in [9.17, 15) is 19.2 Å². The highest BCUT2D eigenvalue weighted by atomic mass is 16.7. The summed E-state index contributed by atoms with van der Waals surface area (Å²) >= 11 is 0. The molecule has 0 aromatic rings. The lowest BCUT2D eigenvalue weighted by Gasteiger charge is -2.35. The van der Waals surface area contributed by atoms with Crippen LogP contribution in [0.15, 0.2) is 11.8 Å². The van der Waals surface area contributed by atoms with Gasteiger partial charge in [0.1, 0.15) is 6.04 Å². The van der Waals surface area contributed by atoms with Crippen molar-refractivity contribution >= 4 is 23.8 Å². The maximum Gasteiger partial charge on any atom is 0.350 e. The molecule has 2 saturated heterocycles. The van der Waals surface area contributed by atoms with Crippen LogP contribution in [0, 0.1) is 5.92 Å². The van der Waals surface area contributed by atoms with Gasteiger partial charge in [-0.15, -0.1) is 0 Å². The summed E-state index contributed by atoms with van der Waals surface area (Å²) in [6, 6.07) is -0.883. The van der Waals surface area contributed by atoms with Crippen molar-refractivity contribution in [2.45, 2.75) is 45.9 Å². The molecule has 26 heavy (non-hydrogen) atoms. The highest BCUT2D eigenvalue weighted by molar-refractivity contribution is 6.15. The largest absolute Gasteiger partial charge is 0.465 e. The number of cyclic esters (lactones) is 2. The standard InChI is InChI=1S/C17H24N2O7/c1-10(2)9-24-13(20)7-12-14(21)18-5-6-19(12)8-11-15(22)25-17(3,4)26-16(11)23/h8,10,12H,5-7,9H2,1-4H3,(H,18,21). The molecule has 0 spiro atoms. The van der Waals surface area contributed by atoms with Gasteiger partial charge >= 0.3 is 17.9 Å². The maximum atomic E-state index is 12.2. The molecular weight excluding hydrogens is 344 g/mol. The molecule has 1 unspecified atom stereocenters. The normalized spacial score (nSPS) is 22.5. The molecule has 2 rings (SSSR count). The lowest BCUT2D eigenvalue weighted by molar-refractivity contribution is -0.222. The number of carbonyl (C=O) groups is 4. The van der Waals surface area contributed by atoms with Gasteiger partial charge in [0, 0.05) is 33.1 Å². The van der Waals surface area contributed by atoms with Crippen LogP contribution in [-0.4, -0.2) is 60.2 Å². The first-order chi connectivity index (χ1) is 12.1. The van der Waals surface area contributed by atoms with Gasteiger partial charge in [0.2, 0.25) is 5.91 Å². The SMILES string of the molecule is CC(C)COC(=O)CC1C(=O)NCCN1C=C1C(=O)OC(C)(C)OC1=O. The third-order valence-corrected chi connectivity index (χ3v) is 3.72. The lowest BCUT2D eigenvalue weighted by atomic mass is 10.1. The second-order valence-corrected chi connectivity index (χ2v) is 7.05. The predicted molar refractivity (Wildman–Crippen MR) is 88.3 cm³/mol. The van der Waals surface area contributed by atoms with Gasteiger partial charge in [0.25, 0.3) is 5.79 Å². The van der Waals surface area contributed by atoms with E-state index in [0.29, 0.717) is 13.1 Å². The van der Waals surface area contributed by atoms with E-state index in [-0.39, 0.29) is 30.4 Å². The Balaban J connectivity index is 2.14. The third-order valence-electron chi connectivity index (χ3n) is 3.72. The average Bonchev–Trinajstić information content (AvgIpc) is 2.51. The molecule has 0 saturated carbocycles. The Morgan fingerprint density at radius 2 is 1.92 bits per heavy atom.